The number of phenolic OH excluding ortho intramolecular Hbond substituents is 2. The van der Waals surface area contributed by atoms with Gasteiger partial charge < -0.3 is 30.3 Å². The zero-order valence-corrected chi connectivity index (χ0v) is 24.7. The Morgan fingerprint density at radius 1 is 1.12 bits per heavy atom. The number of ether oxygens (including phenoxy) is 1. The summed E-state index contributed by atoms with van der Waals surface area (Å²) in [6.07, 6.45) is 2.83. The Morgan fingerprint density at radius 2 is 1.82 bits per heavy atom. The number of fused-ring (bicyclic) bond motifs is 1. The number of amides is 2. The molecule has 0 bridgehead atoms. The monoisotopic (exact) mass is 558 g/mol. The minimum Gasteiger partial charge on any atom is -0.504 e. The van der Waals surface area contributed by atoms with Gasteiger partial charge in [0.1, 0.15) is 18.2 Å². The van der Waals surface area contributed by atoms with Gasteiger partial charge in [0, 0.05) is 13.0 Å². The zero-order valence-electron chi connectivity index (χ0n) is 24.7. The molecular formula is C31H46N2O7. The largest absolute Gasteiger partial charge is 0.504 e. The topological polar surface area (TPSA) is 136 Å². The van der Waals surface area contributed by atoms with Crippen LogP contribution in [0.3, 0.4) is 0 Å². The first-order valence-electron chi connectivity index (χ1n) is 14.5. The molecule has 2 amide bonds. The Labute approximate surface area is 237 Å². The van der Waals surface area contributed by atoms with Gasteiger partial charge in [0.05, 0.1) is 6.61 Å². The van der Waals surface area contributed by atoms with Crippen LogP contribution in [0.15, 0.2) is 18.2 Å². The number of rotatable bonds is 9. The summed E-state index contributed by atoms with van der Waals surface area (Å²) in [5, 5.41) is 32.4. The van der Waals surface area contributed by atoms with Crippen molar-refractivity contribution in [1.29, 1.82) is 0 Å². The lowest BCUT2D eigenvalue weighted by Gasteiger charge is -2.35. The summed E-state index contributed by atoms with van der Waals surface area (Å²) in [6, 6.07) is 2.39. The quantitative estimate of drug-likeness (QED) is 0.269. The summed E-state index contributed by atoms with van der Waals surface area (Å²) in [5.74, 6) is -0.910. The Bertz CT molecular complexity index is 1140. The van der Waals surface area contributed by atoms with E-state index in [1.54, 1.807) is 0 Å². The second-order valence-electron chi connectivity index (χ2n) is 13.9. The molecule has 9 nitrogen and oxygen atoms in total. The third kappa shape index (κ3) is 5.67. The summed E-state index contributed by atoms with van der Waals surface area (Å²) in [7, 11) is 0. The van der Waals surface area contributed by atoms with E-state index in [0.717, 1.165) is 6.42 Å². The number of phenols is 2. The summed E-state index contributed by atoms with van der Waals surface area (Å²) in [4.78, 5) is 41.2. The Hall–Kier alpha value is -2.81. The molecule has 2 saturated carbocycles. The van der Waals surface area contributed by atoms with Crippen LogP contribution in [-0.4, -0.2) is 69.3 Å². The van der Waals surface area contributed by atoms with Crippen LogP contribution in [-0.2, 0) is 25.5 Å². The number of aliphatic hydroxyl groups is 1. The van der Waals surface area contributed by atoms with Crippen molar-refractivity contribution >= 4 is 17.8 Å². The van der Waals surface area contributed by atoms with E-state index in [1.165, 1.54) is 35.9 Å². The van der Waals surface area contributed by atoms with Gasteiger partial charge in [-0.2, -0.15) is 0 Å². The van der Waals surface area contributed by atoms with Crippen molar-refractivity contribution in [3.63, 3.8) is 0 Å². The number of hydrogen-bond acceptors (Lipinski definition) is 7. The first kappa shape index (κ1) is 30.2. The molecular weight excluding hydrogens is 512 g/mol. The molecule has 40 heavy (non-hydrogen) atoms. The number of carbonyl (C=O) groups excluding carboxylic acids is 3. The molecule has 9 heteroatoms. The number of aliphatic hydroxyl groups excluding tert-OH is 1. The lowest BCUT2D eigenvalue weighted by Crippen LogP contribution is -2.58. The van der Waals surface area contributed by atoms with Crippen LogP contribution >= 0.6 is 0 Å². The predicted molar refractivity (Wildman–Crippen MR) is 149 cm³/mol. The molecule has 1 aliphatic heterocycles. The van der Waals surface area contributed by atoms with Crippen LogP contribution in [0.2, 0.25) is 0 Å². The molecule has 222 valence electrons. The van der Waals surface area contributed by atoms with Gasteiger partial charge in [-0.05, 0) is 77.9 Å². The minimum atomic E-state index is -1.48. The lowest BCUT2D eigenvalue weighted by molar-refractivity contribution is -0.155. The van der Waals surface area contributed by atoms with Crippen LogP contribution in [0.25, 0.3) is 0 Å². The maximum absolute atomic E-state index is 13.7. The number of likely N-dealkylation sites (tertiary alicyclic amines) is 1. The molecule has 3 fully saturated rings. The van der Waals surface area contributed by atoms with E-state index in [1.807, 2.05) is 20.8 Å². The number of aromatic hydroxyl groups is 2. The van der Waals surface area contributed by atoms with E-state index in [-0.39, 0.29) is 23.8 Å². The van der Waals surface area contributed by atoms with Crippen molar-refractivity contribution in [2.75, 3.05) is 13.2 Å². The highest BCUT2D eigenvalue weighted by molar-refractivity contribution is 5.92. The standard InChI is InChI=1S/C31H46N2O7/c1-29(2,3)25(32-26(37)23(36)17-18-9-10-21(34)22(35)16-18)27(38)33-14-7-8-20(33)28(39)40-15-12-19-11-13-31(6)24(19)30(31,4)5/h9-10,16,19-20,23-25,34-36H,7-8,11-15,17H2,1-6H3,(H,32,37). The highest BCUT2D eigenvalue weighted by atomic mass is 16.5. The van der Waals surface area contributed by atoms with Crippen molar-refractivity contribution in [2.45, 2.75) is 98.3 Å². The smallest absolute Gasteiger partial charge is 0.328 e. The number of benzene rings is 1. The molecule has 6 atom stereocenters. The second kappa shape index (κ2) is 10.9. The fraction of sp³-hybridized carbons (Fsp3) is 0.710. The molecule has 3 aliphatic rings. The summed E-state index contributed by atoms with van der Waals surface area (Å²) >= 11 is 0. The lowest BCUT2D eigenvalue weighted by atomic mass is 9.85. The maximum Gasteiger partial charge on any atom is 0.328 e. The molecule has 6 unspecified atom stereocenters. The first-order chi connectivity index (χ1) is 18.6. The molecule has 2 aliphatic carbocycles. The van der Waals surface area contributed by atoms with E-state index in [2.05, 4.69) is 26.1 Å². The van der Waals surface area contributed by atoms with E-state index >= 15 is 0 Å². The Balaban J connectivity index is 1.34. The Kier molecular flexibility index (Phi) is 8.20. The summed E-state index contributed by atoms with van der Waals surface area (Å²) < 4.78 is 5.71. The van der Waals surface area contributed by atoms with Crippen LogP contribution in [0.5, 0.6) is 11.5 Å². The average Bonchev–Trinajstić information content (AvgIpc) is 3.29. The van der Waals surface area contributed by atoms with Gasteiger partial charge >= 0.3 is 5.97 Å². The average molecular weight is 559 g/mol. The molecule has 0 spiro atoms. The molecule has 1 heterocycles. The van der Waals surface area contributed by atoms with Crippen molar-refractivity contribution in [3.05, 3.63) is 23.8 Å². The maximum atomic E-state index is 13.7. The van der Waals surface area contributed by atoms with Crippen LogP contribution in [0.1, 0.15) is 79.2 Å². The SMILES string of the molecule is CC(C)(C)C(NC(=O)C(O)Cc1ccc(O)c(O)c1)C(=O)N1CCCC1C(=O)OCCC1CCC2(C)C1C2(C)C. The van der Waals surface area contributed by atoms with Gasteiger partial charge in [0.2, 0.25) is 11.8 Å². The molecule has 0 aromatic heterocycles. The van der Waals surface area contributed by atoms with Crippen molar-refractivity contribution in [3.8, 4) is 11.5 Å². The first-order valence-corrected chi connectivity index (χ1v) is 14.5. The van der Waals surface area contributed by atoms with Crippen LogP contribution in [0.4, 0.5) is 0 Å². The summed E-state index contributed by atoms with van der Waals surface area (Å²) in [5.41, 5.74) is 0.515. The van der Waals surface area contributed by atoms with E-state index < -0.39 is 35.5 Å². The number of esters is 1. The third-order valence-electron chi connectivity index (χ3n) is 10.1. The van der Waals surface area contributed by atoms with Gasteiger partial charge in [0.25, 0.3) is 0 Å². The summed E-state index contributed by atoms with van der Waals surface area (Å²) in [6.45, 7) is 13.2. The van der Waals surface area contributed by atoms with Crippen molar-refractivity contribution in [2.24, 2.45) is 28.1 Å². The third-order valence-corrected chi connectivity index (χ3v) is 10.1. The van der Waals surface area contributed by atoms with E-state index in [0.29, 0.717) is 54.2 Å². The van der Waals surface area contributed by atoms with Crippen LogP contribution in [0, 0.1) is 28.1 Å². The number of nitrogens with zero attached hydrogens (tertiary/aromatic N) is 1. The molecule has 1 saturated heterocycles. The highest BCUT2D eigenvalue weighted by Crippen LogP contribution is 2.78. The zero-order chi connectivity index (χ0) is 29.6. The molecule has 0 radical (unpaired) electrons. The fourth-order valence-corrected chi connectivity index (χ4v) is 7.41. The van der Waals surface area contributed by atoms with Gasteiger partial charge in [-0.25, -0.2) is 4.79 Å². The van der Waals surface area contributed by atoms with E-state index in [4.69, 9.17) is 4.74 Å². The number of hydrogen-bond donors (Lipinski definition) is 4. The molecule has 4 N–H and O–H groups in total. The van der Waals surface area contributed by atoms with Crippen LogP contribution < -0.4 is 5.32 Å². The molecule has 1 aromatic rings. The Morgan fingerprint density at radius 3 is 2.42 bits per heavy atom. The van der Waals surface area contributed by atoms with Gasteiger partial charge in [-0.3, -0.25) is 9.59 Å². The van der Waals surface area contributed by atoms with Crippen molar-refractivity contribution < 1.29 is 34.4 Å². The normalized spacial score (nSPS) is 28.5. The van der Waals surface area contributed by atoms with Gasteiger partial charge in [0.15, 0.2) is 11.5 Å². The van der Waals surface area contributed by atoms with Crippen molar-refractivity contribution in [1.82, 2.24) is 10.2 Å². The van der Waals surface area contributed by atoms with E-state index in [9.17, 15) is 29.7 Å². The minimum absolute atomic E-state index is 0.110. The fourth-order valence-electron chi connectivity index (χ4n) is 7.41. The molecule has 1 aromatic carbocycles. The van der Waals surface area contributed by atoms with Gasteiger partial charge in [-0.15, -0.1) is 0 Å². The number of carbonyl (C=O) groups is 3. The second-order valence-corrected chi connectivity index (χ2v) is 13.9. The van der Waals surface area contributed by atoms with Gasteiger partial charge in [-0.1, -0.05) is 47.6 Å². The predicted octanol–water partition coefficient (Wildman–Crippen LogP) is 3.53. The highest BCUT2D eigenvalue weighted by Gasteiger charge is 2.72. The molecule has 4 rings (SSSR count). The number of nitrogens with one attached hydrogen (secondary N) is 1.